The van der Waals surface area contributed by atoms with Gasteiger partial charge >= 0.3 is 0 Å². The monoisotopic (exact) mass is 267 g/mol. The summed E-state index contributed by atoms with van der Waals surface area (Å²) in [5.41, 5.74) is 1.51. The molecule has 1 aromatic heterocycles. The van der Waals surface area contributed by atoms with Gasteiger partial charge in [0, 0.05) is 12.7 Å². The van der Waals surface area contributed by atoms with E-state index in [1.54, 1.807) is 13.0 Å². The molecule has 0 saturated heterocycles. The smallest absolute Gasteiger partial charge is 0.230 e. The summed E-state index contributed by atoms with van der Waals surface area (Å²) in [6.45, 7) is 3.72. The van der Waals surface area contributed by atoms with Gasteiger partial charge in [-0.05, 0) is 25.5 Å². The Morgan fingerprint density at radius 2 is 2.17 bits per heavy atom. The molecule has 0 amide bonds. The van der Waals surface area contributed by atoms with Gasteiger partial charge < -0.3 is 0 Å². The van der Waals surface area contributed by atoms with Gasteiger partial charge in [0.1, 0.15) is 0 Å². The maximum Gasteiger partial charge on any atom is 0.230 e. The van der Waals surface area contributed by atoms with Crippen molar-refractivity contribution in [2.45, 2.75) is 32.1 Å². The third kappa shape index (κ3) is 3.28. The second-order valence-corrected chi connectivity index (χ2v) is 6.32. The van der Waals surface area contributed by atoms with Crippen molar-refractivity contribution in [2.24, 2.45) is 0 Å². The van der Waals surface area contributed by atoms with E-state index in [0.29, 0.717) is 5.69 Å². The molecule has 0 saturated carbocycles. The minimum atomic E-state index is -3.58. The first kappa shape index (κ1) is 14.6. The topological polar surface area (TPSA) is 74.1 Å². The summed E-state index contributed by atoms with van der Waals surface area (Å²) >= 11 is 0. The second-order valence-electron chi connectivity index (χ2n) is 4.10. The molecule has 1 heterocycles. The highest BCUT2D eigenvalue weighted by molar-refractivity contribution is 7.89. The Hall–Kier alpha value is -1.45. The SMILES string of the molecule is CCC(C#N)S(=O)(=O)N(C)Cc1cccc(C)n1. The van der Waals surface area contributed by atoms with Crippen molar-refractivity contribution in [2.75, 3.05) is 7.05 Å². The number of hydrogen-bond donors (Lipinski definition) is 0. The van der Waals surface area contributed by atoms with Gasteiger partial charge in [-0.1, -0.05) is 13.0 Å². The lowest BCUT2D eigenvalue weighted by Gasteiger charge is -2.19. The summed E-state index contributed by atoms with van der Waals surface area (Å²) in [4.78, 5) is 4.25. The lowest BCUT2D eigenvalue weighted by molar-refractivity contribution is 0.455. The Kier molecular flexibility index (Phi) is 4.82. The number of sulfonamides is 1. The summed E-state index contributed by atoms with van der Waals surface area (Å²) < 4.78 is 25.3. The molecular formula is C12H17N3O2S. The molecule has 0 bridgehead atoms. The first-order valence-electron chi connectivity index (χ1n) is 5.69. The van der Waals surface area contributed by atoms with Crippen LogP contribution >= 0.6 is 0 Å². The minimum Gasteiger partial charge on any atom is -0.257 e. The van der Waals surface area contributed by atoms with Gasteiger partial charge in [0.15, 0.2) is 5.25 Å². The van der Waals surface area contributed by atoms with Crippen molar-refractivity contribution < 1.29 is 8.42 Å². The number of nitriles is 1. The van der Waals surface area contributed by atoms with Crippen LogP contribution in [0.15, 0.2) is 18.2 Å². The third-order valence-corrected chi connectivity index (χ3v) is 4.80. The van der Waals surface area contributed by atoms with Crippen LogP contribution in [0.4, 0.5) is 0 Å². The van der Waals surface area contributed by atoms with E-state index in [4.69, 9.17) is 5.26 Å². The van der Waals surface area contributed by atoms with Crippen LogP contribution in [0, 0.1) is 18.3 Å². The molecule has 5 nitrogen and oxygen atoms in total. The average molecular weight is 267 g/mol. The zero-order valence-electron chi connectivity index (χ0n) is 10.8. The maximum atomic E-state index is 12.1. The molecule has 0 radical (unpaired) electrons. The fraction of sp³-hybridized carbons (Fsp3) is 0.500. The van der Waals surface area contributed by atoms with Crippen LogP contribution in [0.3, 0.4) is 0 Å². The molecular weight excluding hydrogens is 250 g/mol. The number of hydrogen-bond acceptors (Lipinski definition) is 4. The number of nitrogens with zero attached hydrogens (tertiary/aromatic N) is 3. The molecule has 0 aliphatic heterocycles. The molecule has 0 N–H and O–H groups in total. The van der Waals surface area contributed by atoms with Crippen LogP contribution in [0.1, 0.15) is 24.7 Å². The molecule has 98 valence electrons. The Balaban J connectivity index is 2.89. The molecule has 1 atom stereocenters. The summed E-state index contributed by atoms with van der Waals surface area (Å²) in [6.07, 6.45) is 0.282. The van der Waals surface area contributed by atoms with E-state index in [-0.39, 0.29) is 13.0 Å². The van der Waals surface area contributed by atoms with E-state index in [9.17, 15) is 8.42 Å². The van der Waals surface area contributed by atoms with E-state index in [0.717, 1.165) is 5.69 Å². The Morgan fingerprint density at radius 1 is 1.50 bits per heavy atom. The van der Waals surface area contributed by atoms with E-state index in [1.807, 2.05) is 25.1 Å². The lowest BCUT2D eigenvalue weighted by atomic mass is 10.3. The highest BCUT2D eigenvalue weighted by atomic mass is 32.2. The van der Waals surface area contributed by atoms with Gasteiger partial charge in [-0.25, -0.2) is 8.42 Å². The third-order valence-electron chi connectivity index (χ3n) is 2.64. The average Bonchev–Trinajstić information content (AvgIpc) is 2.30. The number of pyridine rings is 1. The van der Waals surface area contributed by atoms with E-state index < -0.39 is 15.3 Å². The molecule has 0 aliphatic carbocycles. The van der Waals surface area contributed by atoms with Crippen LogP contribution in [0.5, 0.6) is 0 Å². The number of aromatic nitrogens is 1. The van der Waals surface area contributed by atoms with Gasteiger partial charge in [-0.15, -0.1) is 0 Å². The first-order chi connectivity index (χ1) is 8.41. The summed E-state index contributed by atoms with van der Waals surface area (Å²) in [5, 5.41) is 7.86. The molecule has 0 fully saturated rings. The summed E-state index contributed by atoms with van der Waals surface area (Å²) in [5.74, 6) is 0. The Labute approximate surface area is 108 Å². The molecule has 18 heavy (non-hydrogen) atoms. The highest BCUT2D eigenvalue weighted by Crippen LogP contribution is 2.13. The molecule has 0 aromatic carbocycles. The van der Waals surface area contributed by atoms with E-state index in [2.05, 4.69) is 4.98 Å². The molecule has 0 aliphatic rings. The minimum absolute atomic E-state index is 0.183. The van der Waals surface area contributed by atoms with Gasteiger partial charge in [-0.2, -0.15) is 9.57 Å². The molecule has 1 aromatic rings. The Bertz CT molecular complexity index is 549. The van der Waals surface area contributed by atoms with Crippen LogP contribution in [0.25, 0.3) is 0 Å². The normalized spacial score (nSPS) is 13.3. The van der Waals surface area contributed by atoms with Gasteiger partial charge in [0.05, 0.1) is 18.3 Å². The zero-order chi connectivity index (χ0) is 13.8. The standard InChI is InChI=1S/C12H17N3O2S/c1-4-12(8-13)18(16,17)15(3)9-11-7-5-6-10(2)14-11/h5-7,12H,4,9H2,1-3H3. The summed E-state index contributed by atoms with van der Waals surface area (Å²) in [6, 6.07) is 7.27. The highest BCUT2D eigenvalue weighted by Gasteiger charge is 2.28. The van der Waals surface area contributed by atoms with Crippen molar-refractivity contribution in [3.05, 3.63) is 29.6 Å². The predicted octanol–water partition coefficient (Wildman–Crippen LogP) is 1.45. The van der Waals surface area contributed by atoms with Gasteiger partial charge in [0.25, 0.3) is 0 Å². The zero-order valence-corrected chi connectivity index (χ0v) is 11.6. The molecule has 6 heteroatoms. The maximum absolute atomic E-state index is 12.1. The number of rotatable bonds is 5. The van der Waals surface area contributed by atoms with Crippen molar-refractivity contribution in [3.63, 3.8) is 0 Å². The quantitative estimate of drug-likeness (QED) is 0.809. The summed E-state index contributed by atoms with van der Waals surface area (Å²) in [7, 11) is -2.11. The number of aryl methyl sites for hydroxylation is 1. The van der Waals surface area contributed by atoms with Crippen LogP contribution in [-0.4, -0.2) is 30.0 Å². The van der Waals surface area contributed by atoms with Crippen molar-refractivity contribution in [1.82, 2.24) is 9.29 Å². The molecule has 1 unspecified atom stereocenters. The van der Waals surface area contributed by atoms with Gasteiger partial charge in [0.2, 0.25) is 10.0 Å². The van der Waals surface area contributed by atoms with Crippen LogP contribution < -0.4 is 0 Å². The fourth-order valence-corrected chi connectivity index (χ4v) is 2.89. The van der Waals surface area contributed by atoms with Crippen molar-refractivity contribution in [1.29, 1.82) is 5.26 Å². The largest absolute Gasteiger partial charge is 0.257 e. The van der Waals surface area contributed by atoms with Crippen LogP contribution in [0.2, 0.25) is 0 Å². The predicted molar refractivity (Wildman–Crippen MR) is 69.1 cm³/mol. The van der Waals surface area contributed by atoms with Gasteiger partial charge in [-0.3, -0.25) is 4.98 Å². The lowest BCUT2D eigenvalue weighted by Crippen LogP contribution is -2.34. The van der Waals surface area contributed by atoms with Crippen molar-refractivity contribution in [3.8, 4) is 6.07 Å². The van der Waals surface area contributed by atoms with Crippen LogP contribution in [-0.2, 0) is 16.6 Å². The van der Waals surface area contributed by atoms with E-state index in [1.165, 1.54) is 11.4 Å². The Morgan fingerprint density at radius 3 is 2.67 bits per heavy atom. The first-order valence-corrected chi connectivity index (χ1v) is 7.19. The molecule has 1 rings (SSSR count). The second kappa shape index (κ2) is 5.94. The fourth-order valence-electron chi connectivity index (χ4n) is 1.59. The van der Waals surface area contributed by atoms with E-state index >= 15 is 0 Å². The van der Waals surface area contributed by atoms with Crippen molar-refractivity contribution >= 4 is 10.0 Å². The molecule has 0 spiro atoms.